The van der Waals surface area contributed by atoms with E-state index < -0.39 is 6.10 Å². The lowest BCUT2D eigenvalue weighted by atomic mass is 10.0. The zero-order chi connectivity index (χ0) is 47.2. The maximum Gasteiger partial charge on any atom is 0.306 e. The van der Waals surface area contributed by atoms with Crippen LogP contribution in [-0.2, 0) is 28.6 Å². The smallest absolute Gasteiger partial charge is 0.306 e. The van der Waals surface area contributed by atoms with Crippen molar-refractivity contribution in [2.75, 3.05) is 13.2 Å². The first-order valence-corrected chi connectivity index (χ1v) is 27.4. The van der Waals surface area contributed by atoms with Gasteiger partial charge in [-0.15, -0.1) is 0 Å². The van der Waals surface area contributed by atoms with Gasteiger partial charge in [-0.05, 0) is 89.9 Å². The molecule has 0 aliphatic rings. The van der Waals surface area contributed by atoms with Gasteiger partial charge in [0.05, 0.1) is 0 Å². The molecule has 0 saturated heterocycles. The Bertz CT molecular complexity index is 1230. The third-order valence-corrected chi connectivity index (χ3v) is 11.7. The second kappa shape index (κ2) is 53.5. The van der Waals surface area contributed by atoms with Crippen LogP contribution in [0.3, 0.4) is 0 Å². The molecule has 0 aromatic rings. The zero-order valence-electron chi connectivity index (χ0n) is 42.7. The van der Waals surface area contributed by atoms with Gasteiger partial charge < -0.3 is 14.2 Å². The van der Waals surface area contributed by atoms with Gasteiger partial charge in [-0.25, -0.2) is 0 Å². The van der Waals surface area contributed by atoms with Gasteiger partial charge in [0.2, 0.25) is 0 Å². The Labute approximate surface area is 402 Å². The Morgan fingerprint density at radius 3 is 0.985 bits per heavy atom. The number of hydrogen-bond acceptors (Lipinski definition) is 6. The molecule has 0 N–H and O–H groups in total. The summed E-state index contributed by atoms with van der Waals surface area (Å²) in [5.74, 6) is -0.894. The van der Waals surface area contributed by atoms with Crippen molar-refractivity contribution in [1.29, 1.82) is 0 Å². The SMILES string of the molecule is CC/C=C\C/C=C\C/C=C\C/C=C\C/C=C\CCCCCCCCCCCCCCCC(=O)OCC(COC(=O)CCCCCCCC)OC(=O)CCCCCCC/C=C\CCCCC. The van der Waals surface area contributed by atoms with E-state index in [-0.39, 0.29) is 31.1 Å². The number of rotatable bonds is 49. The molecule has 0 aliphatic carbocycles. The van der Waals surface area contributed by atoms with Crippen LogP contribution in [0, 0.1) is 0 Å². The number of esters is 3. The van der Waals surface area contributed by atoms with E-state index in [0.717, 1.165) is 103 Å². The molecule has 0 radical (unpaired) electrons. The average molecular weight is 907 g/mol. The van der Waals surface area contributed by atoms with Crippen molar-refractivity contribution in [2.24, 2.45) is 0 Å². The lowest BCUT2D eigenvalue weighted by molar-refractivity contribution is -0.167. The minimum absolute atomic E-state index is 0.0773. The predicted molar refractivity (Wildman–Crippen MR) is 279 cm³/mol. The van der Waals surface area contributed by atoms with Gasteiger partial charge in [0.15, 0.2) is 6.10 Å². The molecule has 0 saturated carbocycles. The summed E-state index contributed by atoms with van der Waals surface area (Å²) in [5, 5.41) is 0. The van der Waals surface area contributed by atoms with Crippen LogP contribution < -0.4 is 0 Å². The Balaban J connectivity index is 4.04. The van der Waals surface area contributed by atoms with Crippen LogP contribution in [0.1, 0.15) is 265 Å². The zero-order valence-corrected chi connectivity index (χ0v) is 42.7. The van der Waals surface area contributed by atoms with E-state index in [9.17, 15) is 14.4 Å². The molecule has 0 aliphatic heterocycles. The van der Waals surface area contributed by atoms with Gasteiger partial charge in [-0.3, -0.25) is 14.4 Å². The summed E-state index contributed by atoms with van der Waals surface area (Å²) in [6.07, 6.45) is 67.9. The summed E-state index contributed by atoms with van der Waals surface area (Å²) in [4.78, 5) is 37.7. The Morgan fingerprint density at radius 1 is 0.323 bits per heavy atom. The van der Waals surface area contributed by atoms with Gasteiger partial charge in [0.1, 0.15) is 13.2 Å². The summed E-state index contributed by atoms with van der Waals surface area (Å²) in [7, 11) is 0. The van der Waals surface area contributed by atoms with E-state index in [4.69, 9.17) is 14.2 Å². The quantitative estimate of drug-likeness (QED) is 0.0262. The maximum atomic E-state index is 12.7. The summed E-state index contributed by atoms with van der Waals surface area (Å²) < 4.78 is 16.7. The molecule has 6 nitrogen and oxygen atoms in total. The Morgan fingerprint density at radius 2 is 0.600 bits per heavy atom. The van der Waals surface area contributed by atoms with Crippen LogP contribution in [0.4, 0.5) is 0 Å². The van der Waals surface area contributed by atoms with E-state index in [0.29, 0.717) is 19.3 Å². The maximum absolute atomic E-state index is 12.7. The highest BCUT2D eigenvalue weighted by Crippen LogP contribution is 2.15. The second-order valence-electron chi connectivity index (χ2n) is 18.1. The number of allylic oxidation sites excluding steroid dienone is 12. The van der Waals surface area contributed by atoms with E-state index in [1.54, 1.807) is 0 Å². The first kappa shape index (κ1) is 61.9. The minimum atomic E-state index is -0.774. The molecule has 0 rings (SSSR count). The van der Waals surface area contributed by atoms with Crippen molar-refractivity contribution in [3.8, 4) is 0 Å². The summed E-state index contributed by atoms with van der Waals surface area (Å²) in [6, 6.07) is 0. The van der Waals surface area contributed by atoms with Crippen molar-refractivity contribution in [1.82, 2.24) is 0 Å². The average Bonchev–Trinajstić information content (AvgIpc) is 3.30. The van der Waals surface area contributed by atoms with Gasteiger partial charge in [0.25, 0.3) is 0 Å². The number of hydrogen-bond donors (Lipinski definition) is 0. The Hall–Kier alpha value is -3.15. The fourth-order valence-corrected chi connectivity index (χ4v) is 7.58. The summed E-state index contributed by atoms with van der Waals surface area (Å²) >= 11 is 0. The normalized spacial score (nSPS) is 12.6. The van der Waals surface area contributed by atoms with Gasteiger partial charge >= 0.3 is 17.9 Å². The molecule has 0 spiro atoms. The van der Waals surface area contributed by atoms with E-state index in [1.807, 2.05) is 0 Å². The number of carbonyl (C=O) groups excluding carboxylic acids is 3. The standard InChI is InChI=1S/C59H102O6/c1-4-7-10-13-16-18-20-22-23-24-25-26-27-28-29-30-31-32-33-34-35-36-37-38-40-41-43-46-49-52-58(61)64-55-56(54-63-57(60)51-48-45-15-12-9-6-3)65-59(62)53-50-47-44-42-39-21-19-17-14-11-8-5-2/h7,10,16-19,22-23,25-26,28-29,56H,4-6,8-9,11-15,20-21,24,27,30-55H2,1-3H3/b10-7-,18-16-,19-17-,23-22-,26-25-,29-28-. The number of unbranched alkanes of at least 4 members (excludes halogenated alkanes) is 26. The van der Waals surface area contributed by atoms with Gasteiger partial charge in [-0.1, -0.05) is 229 Å². The Kier molecular flexibility index (Phi) is 50.9. The molecule has 6 heteroatoms. The summed E-state index contributed by atoms with van der Waals surface area (Å²) in [5.41, 5.74) is 0. The molecule has 0 bridgehead atoms. The van der Waals surface area contributed by atoms with E-state index in [2.05, 4.69) is 93.7 Å². The molecule has 374 valence electrons. The monoisotopic (exact) mass is 907 g/mol. The fourth-order valence-electron chi connectivity index (χ4n) is 7.58. The third kappa shape index (κ3) is 51.7. The van der Waals surface area contributed by atoms with Crippen LogP contribution in [0.25, 0.3) is 0 Å². The molecule has 0 aromatic heterocycles. The highest BCUT2D eigenvalue weighted by atomic mass is 16.6. The highest BCUT2D eigenvalue weighted by Gasteiger charge is 2.19. The first-order valence-electron chi connectivity index (χ1n) is 27.4. The molecule has 0 aromatic carbocycles. The number of carbonyl (C=O) groups is 3. The highest BCUT2D eigenvalue weighted by molar-refractivity contribution is 5.71. The molecular weight excluding hydrogens is 805 g/mol. The lowest BCUT2D eigenvalue weighted by Crippen LogP contribution is -2.30. The van der Waals surface area contributed by atoms with Crippen molar-refractivity contribution in [2.45, 2.75) is 271 Å². The third-order valence-electron chi connectivity index (χ3n) is 11.7. The topological polar surface area (TPSA) is 78.9 Å². The number of ether oxygens (including phenoxy) is 3. The van der Waals surface area contributed by atoms with Crippen molar-refractivity contribution >= 4 is 17.9 Å². The molecule has 65 heavy (non-hydrogen) atoms. The van der Waals surface area contributed by atoms with Crippen molar-refractivity contribution in [3.05, 3.63) is 72.9 Å². The van der Waals surface area contributed by atoms with Crippen LogP contribution in [0.2, 0.25) is 0 Å². The molecular formula is C59H102O6. The predicted octanol–water partition coefficient (Wildman–Crippen LogP) is 18.2. The molecule has 1 atom stereocenters. The lowest BCUT2D eigenvalue weighted by Gasteiger charge is -2.18. The van der Waals surface area contributed by atoms with E-state index >= 15 is 0 Å². The van der Waals surface area contributed by atoms with Crippen LogP contribution in [-0.4, -0.2) is 37.2 Å². The van der Waals surface area contributed by atoms with Crippen molar-refractivity contribution < 1.29 is 28.6 Å². The largest absolute Gasteiger partial charge is 0.462 e. The van der Waals surface area contributed by atoms with Crippen LogP contribution in [0.5, 0.6) is 0 Å². The second-order valence-corrected chi connectivity index (χ2v) is 18.1. The van der Waals surface area contributed by atoms with Crippen LogP contribution in [0.15, 0.2) is 72.9 Å². The molecule has 0 fully saturated rings. The van der Waals surface area contributed by atoms with Gasteiger partial charge in [-0.2, -0.15) is 0 Å². The molecule has 1 unspecified atom stereocenters. The van der Waals surface area contributed by atoms with Crippen LogP contribution >= 0.6 is 0 Å². The summed E-state index contributed by atoms with van der Waals surface area (Å²) in [6.45, 7) is 6.44. The molecule has 0 heterocycles. The van der Waals surface area contributed by atoms with Gasteiger partial charge in [0, 0.05) is 19.3 Å². The molecule has 0 amide bonds. The first-order chi connectivity index (χ1) is 32.0. The fraction of sp³-hybridized carbons (Fsp3) is 0.746. The van der Waals surface area contributed by atoms with Crippen molar-refractivity contribution in [3.63, 3.8) is 0 Å². The van der Waals surface area contributed by atoms with E-state index in [1.165, 1.54) is 122 Å². The minimum Gasteiger partial charge on any atom is -0.462 e.